The molecule has 1 N–H and O–H groups in total. The largest absolute Gasteiger partial charge is 0.494 e. The summed E-state index contributed by atoms with van der Waals surface area (Å²) < 4.78 is 13.1. The number of anilines is 1. The quantitative estimate of drug-likeness (QED) is 0.366. The first kappa shape index (κ1) is 27.4. The molecule has 2 aromatic heterocycles. The number of thiophene rings is 1. The molecule has 1 aliphatic rings. The Morgan fingerprint density at radius 2 is 2.18 bits per heavy atom. The van der Waals surface area contributed by atoms with Crippen LogP contribution < -0.4 is 10.1 Å². The van der Waals surface area contributed by atoms with Gasteiger partial charge in [0, 0.05) is 49.1 Å². The molecular weight excluding hydrogens is 502 g/mol. The van der Waals surface area contributed by atoms with E-state index < -0.39 is 0 Å². The number of benzene rings is 1. The molecule has 1 unspecified atom stereocenters. The monoisotopic (exact) mass is 537 g/mol. The van der Waals surface area contributed by atoms with E-state index in [1.807, 2.05) is 55.8 Å². The second-order valence-corrected chi connectivity index (χ2v) is 10.4. The third-order valence-corrected chi connectivity index (χ3v) is 7.73. The van der Waals surface area contributed by atoms with E-state index in [0.717, 1.165) is 38.1 Å². The number of ether oxygens (including phenoxy) is 2. The molecule has 9 nitrogen and oxygen atoms in total. The van der Waals surface area contributed by atoms with E-state index in [2.05, 4.69) is 15.3 Å². The van der Waals surface area contributed by atoms with Gasteiger partial charge < -0.3 is 24.3 Å². The van der Waals surface area contributed by atoms with E-state index in [4.69, 9.17) is 9.47 Å². The summed E-state index contributed by atoms with van der Waals surface area (Å²) in [7, 11) is 1.72. The predicted molar refractivity (Wildman–Crippen MR) is 150 cm³/mol. The SMILES string of the molecule is CCOc1cccc(C(C)CC(=O)Nc2sc3c(c2C=NC)CCN(C(=O)OCCn2ccnc2C)C3)c1. The molecule has 0 bridgehead atoms. The molecule has 202 valence electrons. The highest BCUT2D eigenvalue weighted by molar-refractivity contribution is 7.16. The number of aliphatic imine (C=N–C) groups is 1. The Kier molecular flexibility index (Phi) is 9.17. The average molecular weight is 538 g/mol. The highest BCUT2D eigenvalue weighted by atomic mass is 32.1. The van der Waals surface area contributed by atoms with Crippen molar-refractivity contribution in [2.24, 2.45) is 4.99 Å². The van der Waals surface area contributed by atoms with E-state index >= 15 is 0 Å². The summed E-state index contributed by atoms with van der Waals surface area (Å²) in [4.78, 5) is 36.9. The normalized spacial score (nSPS) is 13.8. The van der Waals surface area contributed by atoms with Crippen LogP contribution in [0, 0.1) is 6.92 Å². The Morgan fingerprint density at radius 3 is 2.92 bits per heavy atom. The molecule has 38 heavy (non-hydrogen) atoms. The smallest absolute Gasteiger partial charge is 0.410 e. The number of hydrogen-bond donors (Lipinski definition) is 1. The Labute approximate surface area is 227 Å². The number of imidazole rings is 1. The molecule has 2 amide bonds. The molecular formula is C28H35N5O4S. The van der Waals surface area contributed by atoms with Gasteiger partial charge in [-0.05, 0) is 49.4 Å². The number of fused-ring (bicyclic) bond motifs is 1. The zero-order valence-corrected chi connectivity index (χ0v) is 23.2. The lowest BCUT2D eigenvalue weighted by atomic mass is 9.97. The van der Waals surface area contributed by atoms with Crippen LogP contribution in [-0.2, 0) is 29.0 Å². The van der Waals surface area contributed by atoms with Crippen molar-refractivity contribution in [2.45, 2.75) is 52.6 Å². The fourth-order valence-electron chi connectivity index (χ4n) is 4.56. The zero-order chi connectivity index (χ0) is 27.1. The number of hydrogen-bond acceptors (Lipinski definition) is 7. The summed E-state index contributed by atoms with van der Waals surface area (Å²) in [5.74, 6) is 1.67. The second-order valence-electron chi connectivity index (χ2n) is 9.25. The Balaban J connectivity index is 1.38. The number of amides is 2. The van der Waals surface area contributed by atoms with Crippen LogP contribution >= 0.6 is 11.3 Å². The maximum atomic E-state index is 13.0. The van der Waals surface area contributed by atoms with Crippen molar-refractivity contribution in [1.82, 2.24) is 14.5 Å². The predicted octanol–water partition coefficient (Wildman–Crippen LogP) is 5.03. The first-order valence-corrected chi connectivity index (χ1v) is 13.7. The number of nitrogens with zero attached hydrogens (tertiary/aromatic N) is 4. The molecule has 0 fully saturated rings. The lowest BCUT2D eigenvalue weighted by Crippen LogP contribution is -2.36. The molecule has 4 rings (SSSR count). The van der Waals surface area contributed by atoms with Crippen LogP contribution in [0.5, 0.6) is 5.75 Å². The van der Waals surface area contributed by atoms with Crippen LogP contribution in [0.3, 0.4) is 0 Å². The lowest BCUT2D eigenvalue weighted by Gasteiger charge is -2.26. The zero-order valence-electron chi connectivity index (χ0n) is 22.4. The van der Waals surface area contributed by atoms with Crippen LogP contribution in [0.15, 0.2) is 41.7 Å². The van der Waals surface area contributed by atoms with Gasteiger partial charge in [-0.2, -0.15) is 0 Å². The van der Waals surface area contributed by atoms with E-state index in [1.54, 1.807) is 24.4 Å². The van der Waals surface area contributed by atoms with Gasteiger partial charge in [0.05, 0.1) is 19.7 Å². The number of rotatable bonds is 10. The van der Waals surface area contributed by atoms with Crippen molar-refractivity contribution in [1.29, 1.82) is 0 Å². The fraction of sp³-hybridized carbons (Fsp3) is 0.429. The standard InChI is InChI=1S/C28H35N5O4S/c1-5-36-22-8-6-7-21(16-22)19(2)15-26(34)31-27-24(17-29-4)23-9-11-33(18-25(23)38-27)28(35)37-14-13-32-12-10-30-20(32)3/h6-8,10,12,16-17,19H,5,9,11,13-15,18H2,1-4H3,(H,31,34). The summed E-state index contributed by atoms with van der Waals surface area (Å²) in [6, 6.07) is 7.88. The maximum absolute atomic E-state index is 13.0. The van der Waals surface area contributed by atoms with Gasteiger partial charge in [-0.3, -0.25) is 9.79 Å². The van der Waals surface area contributed by atoms with Gasteiger partial charge in [-0.15, -0.1) is 11.3 Å². The highest BCUT2D eigenvalue weighted by Crippen LogP contribution is 2.37. The Morgan fingerprint density at radius 1 is 1.34 bits per heavy atom. The number of nitrogens with one attached hydrogen (secondary N) is 1. The van der Waals surface area contributed by atoms with Gasteiger partial charge in [0.25, 0.3) is 0 Å². The van der Waals surface area contributed by atoms with Crippen molar-refractivity contribution < 1.29 is 19.1 Å². The van der Waals surface area contributed by atoms with Gasteiger partial charge in [0.2, 0.25) is 5.91 Å². The minimum atomic E-state index is -0.332. The molecule has 0 aliphatic carbocycles. The number of carbonyl (C=O) groups is 2. The molecule has 3 aromatic rings. The summed E-state index contributed by atoms with van der Waals surface area (Å²) in [6.45, 7) is 8.36. The van der Waals surface area contributed by atoms with E-state index in [1.165, 1.54) is 11.3 Å². The molecule has 0 saturated carbocycles. The van der Waals surface area contributed by atoms with Gasteiger partial charge in [-0.1, -0.05) is 19.1 Å². The Bertz CT molecular complexity index is 1300. The number of aryl methyl sites for hydroxylation is 1. The lowest BCUT2D eigenvalue weighted by molar-refractivity contribution is -0.116. The van der Waals surface area contributed by atoms with Crippen molar-refractivity contribution in [3.63, 3.8) is 0 Å². The maximum Gasteiger partial charge on any atom is 0.410 e. The van der Waals surface area contributed by atoms with Crippen LogP contribution in [0.2, 0.25) is 0 Å². The summed E-state index contributed by atoms with van der Waals surface area (Å²) in [5.41, 5.74) is 3.12. The summed E-state index contributed by atoms with van der Waals surface area (Å²) in [6.07, 6.45) is 6.08. The van der Waals surface area contributed by atoms with Gasteiger partial charge in [0.1, 0.15) is 23.2 Å². The third-order valence-electron chi connectivity index (χ3n) is 6.58. The van der Waals surface area contributed by atoms with Crippen molar-refractivity contribution in [2.75, 3.05) is 32.1 Å². The molecule has 0 spiro atoms. The number of carbonyl (C=O) groups excluding carboxylic acids is 2. The van der Waals surface area contributed by atoms with Crippen LogP contribution in [0.25, 0.3) is 0 Å². The van der Waals surface area contributed by atoms with Crippen molar-refractivity contribution in [3.8, 4) is 5.75 Å². The molecule has 1 aromatic carbocycles. The first-order valence-electron chi connectivity index (χ1n) is 12.9. The van der Waals surface area contributed by atoms with Crippen LogP contribution in [-0.4, -0.2) is 59.5 Å². The first-order chi connectivity index (χ1) is 18.4. The van der Waals surface area contributed by atoms with E-state index in [0.29, 0.717) is 39.1 Å². The molecule has 0 radical (unpaired) electrons. The van der Waals surface area contributed by atoms with Gasteiger partial charge >= 0.3 is 6.09 Å². The van der Waals surface area contributed by atoms with Crippen LogP contribution in [0.4, 0.5) is 9.80 Å². The molecule has 10 heteroatoms. The van der Waals surface area contributed by atoms with Crippen LogP contribution in [0.1, 0.15) is 53.6 Å². The third kappa shape index (κ3) is 6.61. The highest BCUT2D eigenvalue weighted by Gasteiger charge is 2.28. The molecule has 1 atom stereocenters. The molecule has 0 saturated heterocycles. The molecule has 1 aliphatic heterocycles. The Hall–Kier alpha value is -3.66. The van der Waals surface area contributed by atoms with Gasteiger partial charge in [-0.25, -0.2) is 9.78 Å². The summed E-state index contributed by atoms with van der Waals surface area (Å²) in [5, 5.41) is 3.88. The fourth-order valence-corrected chi connectivity index (χ4v) is 5.81. The average Bonchev–Trinajstić information content (AvgIpc) is 3.46. The van der Waals surface area contributed by atoms with Gasteiger partial charge in [0.15, 0.2) is 0 Å². The van der Waals surface area contributed by atoms with E-state index in [-0.39, 0.29) is 24.5 Å². The minimum Gasteiger partial charge on any atom is -0.494 e. The summed E-state index contributed by atoms with van der Waals surface area (Å²) >= 11 is 1.50. The number of aromatic nitrogens is 2. The van der Waals surface area contributed by atoms with Crippen molar-refractivity contribution in [3.05, 3.63) is 64.1 Å². The molecule has 3 heterocycles. The van der Waals surface area contributed by atoms with E-state index in [9.17, 15) is 9.59 Å². The van der Waals surface area contributed by atoms with Crippen molar-refractivity contribution >= 4 is 34.6 Å². The second kappa shape index (κ2) is 12.7. The topological polar surface area (TPSA) is 98.0 Å². The minimum absolute atomic E-state index is 0.0321.